The van der Waals surface area contributed by atoms with Crippen LogP contribution in [0.3, 0.4) is 0 Å². The van der Waals surface area contributed by atoms with Gasteiger partial charge in [-0.1, -0.05) is 0 Å². The molecule has 0 fully saturated rings. The van der Waals surface area contributed by atoms with Crippen molar-refractivity contribution in [2.45, 2.75) is 19.3 Å². The van der Waals surface area contributed by atoms with Gasteiger partial charge in [-0.25, -0.2) is 13.8 Å². The Hall–Kier alpha value is -1.80. The number of nitrogens with zero attached hydrogens (tertiary/aromatic N) is 1. The lowest BCUT2D eigenvalue weighted by Gasteiger charge is -2.14. The van der Waals surface area contributed by atoms with Crippen LogP contribution in [0.1, 0.15) is 11.5 Å². The molecule has 0 saturated carbocycles. The van der Waals surface area contributed by atoms with Crippen LogP contribution in [-0.4, -0.2) is 29.9 Å². The van der Waals surface area contributed by atoms with Gasteiger partial charge in [-0.3, -0.25) is 4.79 Å². The number of oxazole rings is 1. The molecule has 5 nitrogen and oxygen atoms in total. The molecule has 2 heterocycles. The molecule has 0 bridgehead atoms. The summed E-state index contributed by atoms with van der Waals surface area (Å²) in [6.45, 7) is 0.0924. The van der Waals surface area contributed by atoms with E-state index in [4.69, 9.17) is 10.2 Å². The Morgan fingerprint density at radius 1 is 1.57 bits per heavy atom. The highest BCUT2D eigenvalue weighted by atomic mass is 32.1. The summed E-state index contributed by atoms with van der Waals surface area (Å²) in [5, 5.41) is 5.90. The van der Waals surface area contributed by atoms with Crippen LogP contribution in [0.4, 0.5) is 8.78 Å². The van der Waals surface area contributed by atoms with E-state index >= 15 is 0 Å². The molecule has 0 aliphatic carbocycles. The maximum Gasteiger partial charge on any atom is 0.277 e. The van der Waals surface area contributed by atoms with Gasteiger partial charge in [0.1, 0.15) is 5.76 Å². The Morgan fingerprint density at radius 2 is 2.33 bits per heavy atom. The number of carbonyl (C=O) groups excluding carboxylic acids is 1. The highest BCUT2D eigenvalue weighted by Gasteiger charge is 2.27. The number of thiophene rings is 1. The Kier molecular flexibility index (Phi) is 4.69. The van der Waals surface area contributed by atoms with E-state index in [-0.39, 0.29) is 6.42 Å². The standard InChI is InChI=1S/C13H15F2N3O2S/c1-8-10(4-11(19)17-7-13(14,15)6-16)18-12(20-8)9-2-3-21-5-9/h2-3,5H,4,6-7,16H2,1H3,(H,17,19). The minimum absolute atomic E-state index is 0.111. The van der Waals surface area contributed by atoms with Crippen molar-refractivity contribution in [3.05, 3.63) is 28.3 Å². The predicted octanol–water partition coefficient (Wildman–Crippen LogP) is 1.96. The van der Waals surface area contributed by atoms with Gasteiger partial charge >= 0.3 is 0 Å². The molecule has 0 saturated heterocycles. The Labute approximate surface area is 124 Å². The van der Waals surface area contributed by atoms with Crippen molar-refractivity contribution in [1.29, 1.82) is 0 Å². The summed E-state index contributed by atoms with van der Waals surface area (Å²) in [5.41, 5.74) is 6.16. The van der Waals surface area contributed by atoms with E-state index in [0.29, 0.717) is 17.3 Å². The quantitative estimate of drug-likeness (QED) is 0.854. The van der Waals surface area contributed by atoms with Crippen LogP contribution in [0.2, 0.25) is 0 Å². The van der Waals surface area contributed by atoms with Crippen LogP contribution in [-0.2, 0) is 11.2 Å². The fourth-order valence-electron chi connectivity index (χ4n) is 1.62. The molecule has 1 amide bonds. The third-order valence-electron chi connectivity index (χ3n) is 2.83. The van der Waals surface area contributed by atoms with Crippen LogP contribution < -0.4 is 11.1 Å². The summed E-state index contributed by atoms with van der Waals surface area (Å²) < 4.78 is 31.4. The van der Waals surface area contributed by atoms with Crippen LogP contribution in [0, 0.1) is 6.92 Å². The van der Waals surface area contributed by atoms with Crippen molar-refractivity contribution in [3.8, 4) is 11.5 Å². The molecule has 0 spiro atoms. The number of nitrogens with two attached hydrogens (primary N) is 1. The highest BCUT2D eigenvalue weighted by molar-refractivity contribution is 7.08. The second kappa shape index (κ2) is 6.31. The van der Waals surface area contributed by atoms with E-state index in [2.05, 4.69) is 10.3 Å². The molecule has 0 unspecified atom stereocenters. The van der Waals surface area contributed by atoms with Gasteiger partial charge < -0.3 is 15.5 Å². The molecule has 2 aromatic heterocycles. The van der Waals surface area contributed by atoms with Crippen molar-refractivity contribution in [2.24, 2.45) is 5.73 Å². The van der Waals surface area contributed by atoms with Gasteiger partial charge in [0, 0.05) is 10.9 Å². The largest absolute Gasteiger partial charge is 0.441 e. The number of nitrogens with one attached hydrogen (secondary N) is 1. The smallest absolute Gasteiger partial charge is 0.277 e. The van der Waals surface area contributed by atoms with Crippen molar-refractivity contribution >= 4 is 17.2 Å². The van der Waals surface area contributed by atoms with Gasteiger partial charge in [0.15, 0.2) is 0 Å². The van der Waals surface area contributed by atoms with Gasteiger partial charge in [-0.2, -0.15) is 11.3 Å². The predicted molar refractivity (Wildman–Crippen MR) is 75.3 cm³/mol. The first-order chi connectivity index (χ1) is 9.91. The number of hydrogen-bond acceptors (Lipinski definition) is 5. The first-order valence-corrected chi connectivity index (χ1v) is 7.19. The third kappa shape index (κ3) is 4.08. The lowest BCUT2D eigenvalue weighted by atomic mass is 10.2. The molecule has 0 aromatic carbocycles. The minimum Gasteiger partial charge on any atom is -0.441 e. The topological polar surface area (TPSA) is 81.2 Å². The number of alkyl halides is 2. The number of halogens is 2. The number of aryl methyl sites for hydroxylation is 1. The van der Waals surface area contributed by atoms with Gasteiger partial charge in [0.2, 0.25) is 11.8 Å². The lowest BCUT2D eigenvalue weighted by molar-refractivity contribution is -0.122. The molecule has 0 aliphatic heterocycles. The molecule has 0 atom stereocenters. The molecular formula is C13H15F2N3O2S. The van der Waals surface area contributed by atoms with Crippen molar-refractivity contribution in [3.63, 3.8) is 0 Å². The fraction of sp³-hybridized carbons (Fsp3) is 0.385. The van der Waals surface area contributed by atoms with Gasteiger partial charge in [-0.05, 0) is 18.4 Å². The zero-order valence-electron chi connectivity index (χ0n) is 11.4. The minimum atomic E-state index is -3.10. The zero-order chi connectivity index (χ0) is 15.5. The van der Waals surface area contributed by atoms with E-state index in [9.17, 15) is 13.6 Å². The maximum atomic E-state index is 12.9. The second-order valence-electron chi connectivity index (χ2n) is 4.55. The molecule has 2 rings (SSSR count). The average Bonchev–Trinajstić information content (AvgIpc) is 3.07. The SMILES string of the molecule is Cc1oc(-c2ccsc2)nc1CC(=O)NCC(F)(F)CN. The monoisotopic (exact) mass is 315 g/mol. The molecule has 0 aliphatic rings. The summed E-state index contributed by atoms with van der Waals surface area (Å²) >= 11 is 1.50. The first kappa shape index (κ1) is 15.6. The van der Waals surface area contributed by atoms with Crippen molar-refractivity contribution in [2.75, 3.05) is 13.1 Å². The molecule has 21 heavy (non-hydrogen) atoms. The maximum absolute atomic E-state index is 12.9. The summed E-state index contributed by atoms with van der Waals surface area (Å²) in [5.74, 6) is -2.73. The van der Waals surface area contributed by atoms with E-state index in [1.807, 2.05) is 16.8 Å². The third-order valence-corrected chi connectivity index (χ3v) is 3.51. The molecule has 3 N–H and O–H groups in total. The van der Waals surface area contributed by atoms with Crippen LogP contribution in [0.25, 0.3) is 11.5 Å². The molecule has 2 aromatic rings. The van der Waals surface area contributed by atoms with E-state index in [0.717, 1.165) is 5.56 Å². The van der Waals surface area contributed by atoms with Gasteiger partial charge in [0.25, 0.3) is 5.92 Å². The van der Waals surface area contributed by atoms with E-state index in [1.54, 1.807) is 6.92 Å². The number of rotatable bonds is 6. The van der Waals surface area contributed by atoms with Crippen molar-refractivity contribution < 1.29 is 18.0 Å². The first-order valence-electron chi connectivity index (χ1n) is 6.25. The number of aromatic nitrogens is 1. The summed E-state index contributed by atoms with van der Waals surface area (Å²) in [7, 11) is 0. The summed E-state index contributed by atoms with van der Waals surface area (Å²) in [6.07, 6.45) is -0.111. The van der Waals surface area contributed by atoms with Crippen LogP contribution in [0.5, 0.6) is 0 Å². The van der Waals surface area contributed by atoms with Gasteiger partial charge in [-0.15, -0.1) is 0 Å². The van der Waals surface area contributed by atoms with E-state index < -0.39 is 24.9 Å². The number of carbonyl (C=O) groups is 1. The number of hydrogen-bond donors (Lipinski definition) is 2. The molecular weight excluding hydrogens is 300 g/mol. The Bertz CT molecular complexity index is 611. The fourth-order valence-corrected chi connectivity index (χ4v) is 2.25. The molecule has 114 valence electrons. The highest BCUT2D eigenvalue weighted by Crippen LogP contribution is 2.24. The Morgan fingerprint density at radius 3 is 2.95 bits per heavy atom. The van der Waals surface area contributed by atoms with E-state index in [1.165, 1.54) is 11.3 Å². The van der Waals surface area contributed by atoms with Gasteiger partial charge in [0.05, 0.1) is 25.2 Å². The average molecular weight is 315 g/mol. The molecule has 0 radical (unpaired) electrons. The molecule has 8 heteroatoms. The van der Waals surface area contributed by atoms with Crippen LogP contribution in [0.15, 0.2) is 21.2 Å². The second-order valence-corrected chi connectivity index (χ2v) is 5.33. The number of amides is 1. The van der Waals surface area contributed by atoms with Crippen LogP contribution >= 0.6 is 11.3 Å². The summed E-state index contributed by atoms with van der Waals surface area (Å²) in [4.78, 5) is 15.9. The van der Waals surface area contributed by atoms with Crippen molar-refractivity contribution in [1.82, 2.24) is 10.3 Å². The zero-order valence-corrected chi connectivity index (χ0v) is 12.2. The Balaban J connectivity index is 1.98. The normalized spacial score (nSPS) is 11.6. The lowest BCUT2D eigenvalue weighted by Crippen LogP contribution is -2.42. The summed E-state index contributed by atoms with van der Waals surface area (Å²) in [6, 6.07) is 1.85.